The minimum atomic E-state index is -0.0704. The van der Waals surface area contributed by atoms with Gasteiger partial charge >= 0.3 is 0 Å². The van der Waals surface area contributed by atoms with Crippen LogP contribution in [0.25, 0.3) is 0 Å². The van der Waals surface area contributed by atoms with E-state index < -0.39 is 0 Å². The van der Waals surface area contributed by atoms with Crippen molar-refractivity contribution in [3.63, 3.8) is 0 Å². The van der Waals surface area contributed by atoms with Crippen molar-refractivity contribution in [3.05, 3.63) is 71.0 Å². The van der Waals surface area contributed by atoms with Gasteiger partial charge in [0.05, 0.1) is 13.2 Å². The van der Waals surface area contributed by atoms with Crippen molar-refractivity contribution in [2.24, 2.45) is 5.92 Å². The maximum atomic E-state index is 12.4. The molecular weight excluding hydrogens is 342 g/mol. The molecule has 4 rings (SSSR count). The summed E-state index contributed by atoms with van der Waals surface area (Å²) in [6.07, 6.45) is 0.917. The first kappa shape index (κ1) is 17.2. The van der Waals surface area contributed by atoms with E-state index in [1.54, 1.807) is 4.68 Å². The minimum absolute atomic E-state index is 0.0704. The van der Waals surface area contributed by atoms with Gasteiger partial charge in [-0.25, -0.2) is 4.68 Å². The largest absolute Gasteiger partial charge is 0.493 e. The van der Waals surface area contributed by atoms with Crippen LogP contribution in [0, 0.1) is 12.8 Å². The number of nitrogens with one attached hydrogen (secondary N) is 1. The average molecular weight is 363 g/mol. The van der Waals surface area contributed by atoms with Crippen molar-refractivity contribution in [1.29, 1.82) is 0 Å². The number of nitrogens with zero attached hydrogens (tertiary/aromatic N) is 4. The summed E-state index contributed by atoms with van der Waals surface area (Å²) < 4.78 is 7.50. The van der Waals surface area contributed by atoms with Crippen LogP contribution in [-0.2, 0) is 13.0 Å². The van der Waals surface area contributed by atoms with Gasteiger partial charge in [0.15, 0.2) is 0 Å². The molecule has 3 aromatic rings. The third-order valence-corrected chi connectivity index (χ3v) is 4.77. The molecule has 0 saturated carbocycles. The first-order valence-corrected chi connectivity index (χ1v) is 8.99. The lowest BCUT2D eigenvalue weighted by atomic mass is 9.96. The SMILES string of the molecule is Cc1nnnn1Cc1ccc(C(=O)NC[C@@H]2COc3ccccc3C2)cc1. The molecule has 1 aliphatic rings. The van der Waals surface area contributed by atoms with Crippen LogP contribution in [0.2, 0.25) is 0 Å². The van der Waals surface area contributed by atoms with Crippen molar-refractivity contribution in [2.45, 2.75) is 19.9 Å². The summed E-state index contributed by atoms with van der Waals surface area (Å²) in [5, 5.41) is 14.5. The highest BCUT2D eigenvalue weighted by atomic mass is 16.5. The molecule has 1 amide bonds. The normalized spacial score (nSPS) is 15.7. The third-order valence-electron chi connectivity index (χ3n) is 4.77. The topological polar surface area (TPSA) is 81.9 Å². The maximum Gasteiger partial charge on any atom is 0.251 e. The maximum absolute atomic E-state index is 12.4. The molecule has 1 N–H and O–H groups in total. The molecule has 0 aliphatic carbocycles. The number of hydrogen-bond donors (Lipinski definition) is 1. The van der Waals surface area contributed by atoms with Crippen LogP contribution in [0.15, 0.2) is 48.5 Å². The van der Waals surface area contributed by atoms with E-state index in [1.807, 2.05) is 49.4 Å². The van der Waals surface area contributed by atoms with Crippen LogP contribution < -0.4 is 10.1 Å². The number of ether oxygens (including phenoxy) is 1. The summed E-state index contributed by atoms with van der Waals surface area (Å²) in [6, 6.07) is 15.6. The van der Waals surface area contributed by atoms with Crippen LogP contribution in [0.5, 0.6) is 5.75 Å². The van der Waals surface area contributed by atoms with E-state index in [-0.39, 0.29) is 11.8 Å². The van der Waals surface area contributed by atoms with Gasteiger partial charge in [0.1, 0.15) is 11.6 Å². The lowest BCUT2D eigenvalue weighted by molar-refractivity contribution is 0.0939. The van der Waals surface area contributed by atoms with Gasteiger partial charge in [0.2, 0.25) is 0 Å². The van der Waals surface area contributed by atoms with Gasteiger partial charge in [-0.3, -0.25) is 4.79 Å². The van der Waals surface area contributed by atoms with Crippen LogP contribution in [0.1, 0.15) is 27.3 Å². The molecule has 0 bridgehead atoms. The fourth-order valence-electron chi connectivity index (χ4n) is 3.19. The highest BCUT2D eigenvalue weighted by molar-refractivity contribution is 5.94. The molecule has 27 heavy (non-hydrogen) atoms. The van der Waals surface area contributed by atoms with Gasteiger partial charge in [-0.05, 0) is 53.1 Å². The molecular formula is C20H21N5O2. The zero-order chi connectivity index (χ0) is 18.6. The number of amides is 1. The molecule has 0 unspecified atom stereocenters. The number of fused-ring (bicyclic) bond motifs is 1. The second-order valence-corrected chi connectivity index (χ2v) is 6.78. The van der Waals surface area contributed by atoms with Crippen molar-refractivity contribution in [3.8, 4) is 5.75 Å². The van der Waals surface area contributed by atoms with E-state index >= 15 is 0 Å². The number of rotatable bonds is 5. The molecule has 0 saturated heterocycles. The molecule has 7 heteroatoms. The first-order chi connectivity index (χ1) is 13.2. The van der Waals surface area contributed by atoms with E-state index in [2.05, 4.69) is 26.9 Å². The highest BCUT2D eigenvalue weighted by Gasteiger charge is 2.20. The van der Waals surface area contributed by atoms with E-state index in [9.17, 15) is 4.79 Å². The Morgan fingerprint density at radius 1 is 1.22 bits per heavy atom. The molecule has 0 radical (unpaired) electrons. The number of carbonyl (C=O) groups is 1. The Kier molecular flexibility index (Phi) is 4.82. The molecule has 2 heterocycles. The highest BCUT2D eigenvalue weighted by Crippen LogP contribution is 2.26. The number of carbonyl (C=O) groups excluding carboxylic acids is 1. The third kappa shape index (κ3) is 3.97. The summed E-state index contributed by atoms with van der Waals surface area (Å²) in [7, 11) is 0. The lowest BCUT2D eigenvalue weighted by Crippen LogP contribution is -2.34. The molecule has 1 atom stereocenters. The van der Waals surface area contributed by atoms with E-state index in [0.717, 1.165) is 23.6 Å². The molecule has 0 spiro atoms. The Bertz CT molecular complexity index is 936. The Morgan fingerprint density at radius 2 is 2.04 bits per heavy atom. The zero-order valence-electron chi connectivity index (χ0n) is 15.1. The van der Waals surface area contributed by atoms with Gasteiger partial charge in [0, 0.05) is 18.0 Å². The number of para-hydroxylation sites is 1. The number of hydrogen-bond acceptors (Lipinski definition) is 5. The number of aryl methyl sites for hydroxylation is 1. The van der Waals surface area contributed by atoms with Crippen molar-refractivity contribution in [1.82, 2.24) is 25.5 Å². The van der Waals surface area contributed by atoms with Crippen molar-refractivity contribution < 1.29 is 9.53 Å². The molecule has 1 aromatic heterocycles. The Hall–Kier alpha value is -3.22. The van der Waals surface area contributed by atoms with E-state index in [4.69, 9.17) is 4.74 Å². The second kappa shape index (κ2) is 7.57. The quantitative estimate of drug-likeness (QED) is 0.750. The predicted molar refractivity (Wildman–Crippen MR) is 99.6 cm³/mol. The Morgan fingerprint density at radius 3 is 2.81 bits per heavy atom. The van der Waals surface area contributed by atoms with Gasteiger partial charge in [0.25, 0.3) is 5.91 Å². The van der Waals surface area contributed by atoms with Crippen molar-refractivity contribution in [2.75, 3.05) is 13.2 Å². The molecule has 7 nitrogen and oxygen atoms in total. The Labute approximate surface area is 157 Å². The predicted octanol–water partition coefficient (Wildman–Crippen LogP) is 2.01. The van der Waals surface area contributed by atoms with Crippen molar-refractivity contribution >= 4 is 5.91 Å². The number of benzene rings is 2. The van der Waals surface area contributed by atoms with Gasteiger partial charge in [-0.1, -0.05) is 30.3 Å². The smallest absolute Gasteiger partial charge is 0.251 e. The fraction of sp³-hybridized carbons (Fsp3) is 0.300. The van der Waals surface area contributed by atoms with Gasteiger partial charge < -0.3 is 10.1 Å². The molecule has 0 fully saturated rings. The number of aromatic nitrogens is 4. The number of tetrazole rings is 1. The van der Waals surface area contributed by atoms with Crippen LogP contribution >= 0.6 is 0 Å². The van der Waals surface area contributed by atoms with E-state index in [1.165, 1.54) is 5.56 Å². The fourth-order valence-corrected chi connectivity index (χ4v) is 3.19. The zero-order valence-corrected chi connectivity index (χ0v) is 15.1. The van der Waals surface area contributed by atoms with E-state index in [0.29, 0.717) is 25.3 Å². The molecule has 138 valence electrons. The van der Waals surface area contributed by atoms with Gasteiger partial charge in [-0.2, -0.15) is 0 Å². The van der Waals surface area contributed by atoms with Crippen LogP contribution in [0.3, 0.4) is 0 Å². The molecule has 2 aromatic carbocycles. The second-order valence-electron chi connectivity index (χ2n) is 6.78. The monoisotopic (exact) mass is 363 g/mol. The summed E-state index contributed by atoms with van der Waals surface area (Å²) in [6.45, 7) is 3.66. The summed E-state index contributed by atoms with van der Waals surface area (Å²) in [5.41, 5.74) is 2.88. The minimum Gasteiger partial charge on any atom is -0.493 e. The van der Waals surface area contributed by atoms with Crippen LogP contribution in [-0.4, -0.2) is 39.3 Å². The summed E-state index contributed by atoms with van der Waals surface area (Å²) >= 11 is 0. The van der Waals surface area contributed by atoms with Crippen LogP contribution in [0.4, 0.5) is 0 Å². The standard InChI is InChI=1S/C20H21N5O2/c1-14-22-23-24-25(14)12-15-6-8-17(9-7-15)20(26)21-11-16-10-18-4-2-3-5-19(18)27-13-16/h2-9,16H,10-13H2,1H3,(H,21,26)/t16-/m1/s1. The summed E-state index contributed by atoms with van der Waals surface area (Å²) in [4.78, 5) is 12.4. The first-order valence-electron chi connectivity index (χ1n) is 8.99. The molecule has 1 aliphatic heterocycles. The lowest BCUT2D eigenvalue weighted by Gasteiger charge is -2.25. The van der Waals surface area contributed by atoms with Gasteiger partial charge in [-0.15, -0.1) is 5.10 Å². The average Bonchev–Trinajstić information content (AvgIpc) is 3.11. The Balaban J connectivity index is 1.32. The summed E-state index contributed by atoms with van der Waals surface area (Å²) in [5.74, 6) is 1.92.